The first-order valence-electron chi connectivity index (χ1n) is 30.1. The van der Waals surface area contributed by atoms with Gasteiger partial charge in [-0.3, -0.25) is 0 Å². The van der Waals surface area contributed by atoms with Crippen molar-refractivity contribution in [3.63, 3.8) is 0 Å². The Balaban J connectivity index is 0.801. The van der Waals surface area contributed by atoms with Crippen LogP contribution in [0.5, 0.6) is 0 Å². The molecular weight excluding hydrogens is 929 g/mol. The van der Waals surface area contributed by atoms with Crippen molar-refractivity contribution in [1.82, 2.24) is 0 Å². The number of benzene rings is 8. The number of rotatable bonds is 9. The maximum absolute atomic E-state index is 2.68. The van der Waals surface area contributed by atoms with Gasteiger partial charge in [-0.05, 0) is 276 Å². The number of para-hydroxylation sites is 1. The van der Waals surface area contributed by atoms with Crippen LogP contribution < -0.4 is 9.80 Å². The highest BCUT2D eigenvalue weighted by Gasteiger charge is 2.53. The molecule has 8 aromatic rings. The van der Waals surface area contributed by atoms with Gasteiger partial charge in [0.1, 0.15) is 0 Å². The summed E-state index contributed by atoms with van der Waals surface area (Å²) in [6.07, 6.45) is 21.0. The fourth-order valence-corrected chi connectivity index (χ4v) is 19.0. The predicted octanol–water partition coefficient (Wildman–Crippen LogP) is 19.4. The van der Waals surface area contributed by atoms with E-state index < -0.39 is 0 Å². The number of hydrogen-bond donors (Lipinski definition) is 0. The van der Waals surface area contributed by atoms with Crippen LogP contribution in [0.4, 0.5) is 34.1 Å². The van der Waals surface area contributed by atoms with Gasteiger partial charge in [0.05, 0.1) is 0 Å². The zero-order valence-electron chi connectivity index (χ0n) is 45.5. The first-order chi connectivity index (χ1) is 37.7. The largest absolute Gasteiger partial charge is 0.310 e. The lowest BCUT2D eigenvalue weighted by atomic mass is 9.48. The van der Waals surface area contributed by atoms with E-state index in [-0.39, 0.29) is 5.41 Å². The summed E-state index contributed by atoms with van der Waals surface area (Å²) in [4.78, 5) is 5.26. The second kappa shape index (κ2) is 17.7. The highest BCUT2D eigenvalue weighted by Crippen LogP contribution is 2.63. The highest BCUT2D eigenvalue weighted by atomic mass is 15.2. The van der Waals surface area contributed by atoms with Crippen molar-refractivity contribution in [1.29, 1.82) is 0 Å². The minimum atomic E-state index is -0.158. The molecule has 0 aromatic heterocycles. The van der Waals surface area contributed by atoms with Gasteiger partial charge in [0.15, 0.2) is 0 Å². The molecule has 0 atom stereocenters. The van der Waals surface area contributed by atoms with E-state index in [1.165, 1.54) is 167 Å². The molecular formula is C75H74N2. The van der Waals surface area contributed by atoms with E-state index in [4.69, 9.17) is 0 Å². The van der Waals surface area contributed by atoms with Gasteiger partial charge in [0, 0.05) is 39.5 Å². The van der Waals surface area contributed by atoms with Gasteiger partial charge in [0.2, 0.25) is 0 Å². The first kappa shape index (κ1) is 46.5. The summed E-state index contributed by atoms with van der Waals surface area (Å²) in [6.45, 7) is 4.89. The molecule has 8 saturated carbocycles. The maximum atomic E-state index is 2.68. The van der Waals surface area contributed by atoms with Crippen LogP contribution in [0, 0.1) is 35.5 Å². The summed E-state index contributed by atoms with van der Waals surface area (Å²) in [6, 6.07) is 71.9. The number of anilines is 6. The fourth-order valence-electron chi connectivity index (χ4n) is 19.0. The normalized spacial score (nSPS) is 27.5. The molecule has 2 nitrogen and oxygen atoms in total. The molecule has 0 heterocycles. The molecule has 384 valence electrons. The molecule has 0 unspecified atom stereocenters. The van der Waals surface area contributed by atoms with Gasteiger partial charge >= 0.3 is 0 Å². The average molecular weight is 1000 g/mol. The molecule has 0 saturated heterocycles. The van der Waals surface area contributed by atoms with Crippen molar-refractivity contribution < 1.29 is 0 Å². The minimum Gasteiger partial charge on any atom is -0.310 e. The number of hydrogen-bond acceptors (Lipinski definition) is 2. The smallest absolute Gasteiger partial charge is 0.0496 e. The summed E-state index contributed by atoms with van der Waals surface area (Å²) in [7, 11) is 0. The minimum absolute atomic E-state index is 0.158. The van der Waals surface area contributed by atoms with Gasteiger partial charge in [-0.15, -0.1) is 0 Å². The van der Waals surface area contributed by atoms with Crippen molar-refractivity contribution in [2.45, 2.75) is 133 Å². The quantitative estimate of drug-likeness (QED) is 0.142. The summed E-state index contributed by atoms with van der Waals surface area (Å²) < 4.78 is 0. The van der Waals surface area contributed by atoms with E-state index in [9.17, 15) is 0 Å². The lowest BCUT2D eigenvalue weighted by molar-refractivity contribution is -0.00530. The third-order valence-electron chi connectivity index (χ3n) is 21.7. The van der Waals surface area contributed by atoms with Crippen LogP contribution in [0.1, 0.15) is 135 Å². The summed E-state index contributed by atoms with van der Waals surface area (Å²) in [5, 5.41) is 0. The van der Waals surface area contributed by atoms with Gasteiger partial charge in [-0.1, -0.05) is 135 Å². The van der Waals surface area contributed by atoms with Crippen LogP contribution in [0.25, 0.3) is 22.3 Å². The average Bonchev–Trinajstić information content (AvgIpc) is 3.91. The van der Waals surface area contributed by atoms with Crippen molar-refractivity contribution in [2.75, 3.05) is 9.80 Å². The van der Waals surface area contributed by atoms with E-state index in [0.29, 0.717) is 10.8 Å². The number of fused-ring (bicyclic) bond motifs is 3. The number of aryl methyl sites for hydroxylation is 4. The van der Waals surface area contributed by atoms with Gasteiger partial charge in [0.25, 0.3) is 0 Å². The zero-order valence-corrected chi connectivity index (χ0v) is 45.5. The maximum Gasteiger partial charge on any atom is 0.0496 e. The van der Waals surface area contributed by atoms with Crippen LogP contribution in [-0.4, -0.2) is 0 Å². The van der Waals surface area contributed by atoms with E-state index in [1.807, 2.05) is 0 Å². The monoisotopic (exact) mass is 1000 g/mol. The Morgan fingerprint density at radius 1 is 0.351 bits per heavy atom. The topological polar surface area (TPSA) is 6.48 Å². The van der Waals surface area contributed by atoms with E-state index in [1.54, 1.807) is 11.1 Å². The molecule has 12 bridgehead atoms. The third-order valence-corrected chi connectivity index (χ3v) is 21.7. The molecule has 0 N–H and O–H groups in total. The molecule has 8 aromatic carbocycles. The lowest BCUT2D eigenvalue weighted by Crippen LogP contribution is -2.48. The Kier molecular flexibility index (Phi) is 10.7. The summed E-state index contributed by atoms with van der Waals surface area (Å²) >= 11 is 0. The van der Waals surface area contributed by atoms with Crippen molar-refractivity contribution in [3.05, 3.63) is 226 Å². The molecule has 0 aliphatic heterocycles. The zero-order chi connectivity index (χ0) is 51.0. The molecule has 77 heavy (non-hydrogen) atoms. The van der Waals surface area contributed by atoms with E-state index in [2.05, 4.69) is 206 Å². The molecule has 2 heteroatoms. The fraction of sp³-hybridized carbons (Fsp3) is 0.360. The Labute approximate surface area is 458 Å². The Morgan fingerprint density at radius 2 is 0.779 bits per heavy atom. The molecule has 0 radical (unpaired) electrons. The second-order valence-corrected chi connectivity index (χ2v) is 26.9. The summed E-state index contributed by atoms with van der Waals surface area (Å²) in [5.74, 6) is 5.57. The lowest BCUT2D eigenvalue weighted by Gasteiger charge is -2.57. The van der Waals surface area contributed by atoms with Crippen LogP contribution in [0.3, 0.4) is 0 Å². The molecule has 13 aliphatic carbocycles. The summed E-state index contributed by atoms with van der Waals surface area (Å²) in [5.41, 5.74) is 25.1. The standard InChI is InChI=1S/C75H74N2/c1-73(2)68-16-10-9-15-66(68)72-67(57-11-5-3-6-12-57)41-65(42-69(72)73)77(64-31-27-61(28-32-64)75-46-54-36-55(47-75)38-56(37-54)48-75)71-40-50-18-22-58-21-17-49(19-23-59(71)24-20-50)39-70(58)76(62-13-7-4-8-14-62)63-29-25-60(26-30-63)74-43-51-33-52(44-74)35-53(34-51)45-74/h3-17,20-21,24-32,39-42,51-56H,18-19,22-23,33-38,43-48H2,1-2H3. The van der Waals surface area contributed by atoms with Crippen LogP contribution in [-0.2, 0) is 41.9 Å². The molecule has 8 fully saturated rings. The van der Waals surface area contributed by atoms with Crippen LogP contribution in [0.2, 0.25) is 0 Å². The van der Waals surface area contributed by atoms with Crippen molar-refractivity contribution in [3.8, 4) is 22.3 Å². The molecule has 0 spiro atoms. The Bertz CT molecular complexity index is 3490. The number of nitrogens with zero attached hydrogens (tertiary/aromatic N) is 2. The van der Waals surface area contributed by atoms with Crippen LogP contribution >= 0.6 is 0 Å². The highest BCUT2D eigenvalue weighted by molar-refractivity contribution is 5.96. The van der Waals surface area contributed by atoms with Gasteiger partial charge < -0.3 is 9.80 Å². The first-order valence-corrected chi connectivity index (χ1v) is 30.1. The molecule has 13 aliphatic rings. The van der Waals surface area contributed by atoms with Gasteiger partial charge in [-0.25, -0.2) is 0 Å². The Hall–Kier alpha value is -6.64. The third kappa shape index (κ3) is 7.69. The van der Waals surface area contributed by atoms with Crippen molar-refractivity contribution in [2.24, 2.45) is 35.5 Å². The van der Waals surface area contributed by atoms with E-state index in [0.717, 1.165) is 61.2 Å². The second-order valence-electron chi connectivity index (χ2n) is 26.9. The predicted molar refractivity (Wildman–Crippen MR) is 320 cm³/mol. The van der Waals surface area contributed by atoms with Gasteiger partial charge in [-0.2, -0.15) is 0 Å². The Morgan fingerprint density at radius 3 is 1.27 bits per heavy atom. The molecule has 21 rings (SSSR count). The molecule has 0 amide bonds. The van der Waals surface area contributed by atoms with Crippen LogP contribution in [0.15, 0.2) is 182 Å². The van der Waals surface area contributed by atoms with E-state index >= 15 is 0 Å². The SMILES string of the molecule is CC1(C)c2ccccc2-c2c(-c3ccccc3)cc(N(c3ccc(C45CC6CC(CC(C6)C4)C5)cc3)c3cc4ccc3CCc3ccc(c(N(c5ccccc5)c5ccc(C67CC8CC(CC(C8)C6)C7)cc5)c3)CC4)cc21. The van der Waals surface area contributed by atoms with Crippen molar-refractivity contribution >= 4 is 34.1 Å².